The molecule has 0 fully saturated rings. The van der Waals surface area contributed by atoms with Crippen LogP contribution in [0.25, 0.3) is 0 Å². The van der Waals surface area contributed by atoms with Gasteiger partial charge in [-0.15, -0.1) is 0 Å². The van der Waals surface area contributed by atoms with Gasteiger partial charge in [-0.2, -0.15) is 0 Å². The van der Waals surface area contributed by atoms with Crippen LogP contribution in [0.3, 0.4) is 0 Å². The number of amides is 1. The molecule has 132 valence electrons. The molecule has 0 aliphatic heterocycles. The Bertz CT molecular complexity index is 743. The fourth-order valence-corrected chi connectivity index (χ4v) is 2.40. The van der Waals surface area contributed by atoms with Crippen LogP contribution >= 0.6 is 0 Å². The Hall–Kier alpha value is -2.66. The molecule has 0 saturated heterocycles. The molecule has 1 amide bonds. The number of nitrogens with zero attached hydrogens (tertiary/aromatic N) is 1. The maximum atomic E-state index is 12.3. The van der Waals surface area contributed by atoms with Gasteiger partial charge in [0, 0.05) is 17.7 Å². The highest BCUT2D eigenvalue weighted by Gasteiger charge is 2.11. The average Bonchev–Trinajstić information content (AvgIpc) is 2.65. The van der Waals surface area contributed by atoms with Gasteiger partial charge in [0.25, 0.3) is 5.91 Å². The Labute approximate surface area is 148 Å². The van der Waals surface area contributed by atoms with Crippen LogP contribution in [0.1, 0.15) is 33.2 Å². The number of benzene rings is 2. The van der Waals surface area contributed by atoms with E-state index in [4.69, 9.17) is 4.74 Å². The number of ether oxygens (including phenoxy) is 1. The fourth-order valence-electron chi connectivity index (χ4n) is 2.40. The van der Waals surface area contributed by atoms with Gasteiger partial charge in [-0.3, -0.25) is 9.59 Å². The van der Waals surface area contributed by atoms with Gasteiger partial charge in [0.2, 0.25) is 0 Å². The molecule has 0 aliphatic carbocycles. The second-order valence-electron chi connectivity index (χ2n) is 5.87. The minimum Gasteiger partial charge on any atom is -0.497 e. The van der Waals surface area contributed by atoms with Gasteiger partial charge >= 0.3 is 0 Å². The Balaban J connectivity index is 1.97. The van der Waals surface area contributed by atoms with Crippen molar-refractivity contribution in [3.05, 3.63) is 65.2 Å². The summed E-state index contributed by atoms with van der Waals surface area (Å²) in [6, 6.07) is 14.4. The largest absolute Gasteiger partial charge is 0.497 e. The highest BCUT2D eigenvalue weighted by Crippen LogP contribution is 2.13. The second-order valence-corrected chi connectivity index (χ2v) is 5.87. The number of hydrogen-bond donors (Lipinski definition) is 1. The third kappa shape index (κ3) is 5.43. The maximum Gasteiger partial charge on any atom is 0.251 e. The van der Waals surface area contributed by atoms with Crippen molar-refractivity contribution in [1.29, 1.82) is 0 Å². The topological polar surface area (TPSA) is 58.6 Å². The zero-order valence-electron chi connectivity index (χ0n) is 14.9. The molecule has 2 rings (SSSR count). The molecule has 0 aliphatic rings. The first-order valence-corrected chi connectivity index (χ1v) is 8.26. The van der Waals surface area contributed by atoms with E-state index < -0.39 is 0 Å². The molecular formula is C20H24N2O3. The molecule has 0 bridgehead atoms. The average molecular weight is 340 g/mol. The van der Waals surface area contributed by atoms with Gasteiger partial charge in [-0.25, -0.2) is 0 Å². The van der Waals surface area contributed by atoms with Gasteiger partial charge in [0.05, 0.1) is 13.7 Å². The fraction of sp³-hybridized carbons (Fsp3) is 0.300. The van der Waals surface area contributed by atoms with E-state index in [0.717, 1.165) is 18.7 Å². The summed E-state index contributed by atoms with van der Waals surface area (Å²) in [4.78, 5) is 26.7. The van der Waals surface area contributed by atoms with Gasteiger partial charge in [0.1, 0.15) is 5.75 Å². The van der Waals surface area contributed by atoms with Crippen molar-refractivity contribution in [1.82, 2.24) is 10.2 Å². The molecule has 1 N–H and O–H groups in total. The van der Waals surface area contributed by atoms with Crippen LogP contribution < -0.4 is 10.1 Å². The van der Waals surface area contributed by atoms with Crippen LogP contribution in [0.2, 0.25) is 0 Å². The summed E-state index contributed by atoms with van der Waals surface area (Å²) in [6.07, 6.45) is 0. The molecule has 25 heavy (non-hydrogen) atoms. The minimum absolute atomic E-state index is 0.0505. The van der Waals surface area contributed by atoms with E-state index in [-0.39, 0.29) is 18.2 Å². The summed E-state index contributed by atoms with van der Waals surface area (Å²) < 4.78 is 5.11. The monoisotopic (exact) mass is 340 g/mol. The van der Waals surface area contributed by atoms with Gasteiger partial charge < -0.3 is 15.0 Å². The first-order valence-electron chi connectivity index (χ1n) is 8.26. The number of methoxy groups -OCH3 is 1. The lowest BCUT2D eigenvalue weighted by atomic mass is 10.1. The number of Topliss-reactive ketones (excluding diaryl/α,β-unsaturated/α-hetero) is 1. The molecule has 0 spiro atoms. The second kappa shape index (κ2) is 8.99. The summed E-state index contributed by atoms with van der Waals surface area (Å²) in [5.41, 5.74) is 2.13. The smallest absolute Gasteiger partial charge is 0.251 e. The van der Waals surface area contributed by atoms with Crippen molar-refractivity contribution < 1.29 is 14.3 Å². The van der Waals surface area contributed by atoms with Crippen LogP contribution in [0.15, 0.2) is 48.5 Å². The van der Waals surface area contributed by atoms with E-state index in [0.29, 0.717) is 16.9 Å². The molecule has 5 nitrogen and oxygen atoms in total. The number of hydrogen-bond acceptors (Lipinski definition) is 4. The predicted molar refractivity (Wildman–Crippen MR) is 98.1 cm³/mol. The van der Waals surface area contributed by atoms with E-state index >= 15 is 0 Å². The molecule has 0 saturated carbocycles. The first kappa shape index (κ1) is 18.7. The van der Waals surface area contributed by atoms with Crippen LogP contribution in [0.5, 0.6) is 5.75 Å². The molecular weight excluding hydrogens is 316 g/mol. The lowest BCUT2D eigenvalue weighted by molar-refractivity contribution is 0.0904. The van der Waals surface area contributed by atoms with Crippen LogP contribution in [0.4, 0.5) is 0 Å². The van der Waals surface area contributed by atoms with Crippen LogP contribution in [-0.2, 0) is 6.54 Å². The van der Waals surface area contributed by atoms with E-state index in [9.17, 15) is 9.59 Å². The van der Waals surface area contributed by atoms with Crippen molar-refractivity contribution in [3.8, 4) is 5.75 Å². The van der Waals surface area contributed by atoms with E-state index in [1.54, 1.807) is 37.4 Å². The molecule has 0 aromatic heterocycles. The normalized spacial score (nSPS) is 10.6. The zero-order chi connectivity index (χ0) is 18.2. The van der Waals surface area contributed by atoms with E-state index in [1.807, 2.05) is 25.2 Å². The standard InChI is InChI=1S/C20H24N2O3/c1-4-22(2)14-15-7-5-9-17(11-15)20(24)21-13-19(23)16-8-6-10-18(12-16)25-3/h5-12H,4,13-14H2,1-3H3,(H,21,24). The van der Waals surface area contributed by atoms with Crippen molar-refractivity contribution in [2.24, 2.45) is 0 Å². The molecule has 0 heterocycles. The van der Waals surface area contributed by atoms with Crippen LogP contribution in [0, 0.1) is 0 Å². The zero-order valence-corrected chi connectivity index (χ0v) is 14.9. The summed E-state index contributed by atoms with van der Waals surface area (Å²) >= 11 is 0. The third-order valence-electron chi connectivity index (χ3n) is 3.98. The third-order valence-corrected chi connectivity index (χ3v) is 3.98. The predicted octanol–water partition coefficient (Wildman–Crippen LogP) is 2.76. The lowest BCUT2D eigenvalue weighted by Crippen LogP contribution is -2.29. The van der Waals surface area contributed by atoms with Crippen molar-refractivity contribution in [2.45, 2.75) is 13.5 Å². The maximum absolute atomic E-state index is 12.3. The van der Waals surface area contributed by atoms with Gasteiger partial charge in [0.15, 0.2) is 5.78 Å². The van der Waals surface area contributed by atoms with E-state index in [2.05, 4.69) is 17.1 Å². The number of rotatable bonds is 8. The molecule has 2 aromatic rings. The summed E-state index contributed by atoms with van der Waals surface area (Å²) in [5, 5.41) is 2.69. The summed E-state index contributed by atoms with van der Waals surface area (Å²) in [5.74, 6) is 0.205. The Kier molecular flexibility index (Phi) is 6.71. The first-order chi connectivity index (χ1) is 12.0. The van der Waals surface area contributed by atoms with Crippen molar-refractivity contribution >= 4 is 11.7 Å². The summed E-state index contributed by atoms with van der Waals surface area (Å²) in [6.45, 7) is 3.75. The lowest BCUT2D eigenvalue weighted by Gasteiger charge is -2.14. The molecule has 2 aromatic carbocycles. The van der Waals surface area contributed by atoms with Crippen LogP contribution in [-0.4, -0.2) is 43.8 Å². The molecule has 0 atom stereocenters. The SMILES string of the molecule is CCN(C)Cc1cccc(C(=O)NCC(=O)c2cccc(OC)c2)c1. The highest BCUT2D eigenvalue weighted by molar-refractivity contribution is 6.02. The Morgan fingerprint density at radius 2 is 1.80 bits per heavy atom. The Morgan fingerprint density at radius 3 is 2.52 bits per heavy atom. The molecule has 0 radical (unpaired) electrons. The van der Waals surface area contributed by atoms with Crippen molar-refractivity contribution in [2.75, 3.05) is 27.2 Å². The summed E-state index contributed by atoms with van der Waals surface area (Å²) in [7, 11) is 3.58. The van der Waals surface area contributed by atoms with E-state index in [1.165, 1.54) is 0 Å². The highest BCUT2D eigenvalue weighted by atomic mass is 16.5. The Morgan fingerprint density at radius 1 is 1.08 bits per heavy atom. The number of carbonyl (C=O) groups is 2. The number of ketones is 1. The number of carbonyl (C=O) groups excluding carboxylic acids is 2. The van der Waals surface area contributed by atoms with Crippen molar-refractivity contribution in [3.63, 3.8) is 0 Å². The van der Waals surface area contributed by atoms with Gasteiger partial charge in [-0.1, -0.05) is 31.2 Å². The minimum atomic E-state index is -0.253. The quantitative estimate of drug-likeness (QED) is 0.751. The molecule has 5 heteroatoms. The number of nitrogens with one attached hydrogen (secondary N) is 1. The molecule has 0 unspecified atom stereocenters. The van der Waals surface area contributed by atoms with Gasteiger partial charge in [-0.05, 0) is 43.4 Å².